The second-order valence-corrected chi connectivity index (χ2v) is 3.54. The van der Waals surface area contributed by atoms with Crippen molar-refractivity contribution >= 4 is 12.0 Å². The molecule has 88 valence electrons. The van der Waals surface area contributed by atoms with E-state index < -0.39 is 18.0 Å². The molecule has 0 rings (SSSR count). The van der Waals surface area contributed by atoms with Crippen LogP contribution in [0.3, 0.4) is 0 Å². The summed E-state index contributed by atoms with van der Waals surface area (Å²) >= 11 is 0. The SMILES string of the molecule is CCCOC(=O)[C@@H](NC(N)=O)[C@@H](C)CC. The number of nitrogens with two attached hydrogens (primary N) is 1. The second-order valence-electron chi connectivity index (χ2n) is 3.54. The number of esters is 1. The fourth-order valence-corrected chi connectivity index (χ4v) is 1.11. The molecule has 0 aromatic rings. The molecule has 0 radical (unpaired) electrons. The minimum atomic E-state index is -0.700. The number of hydrogen-bond acceptors (Lipinski definition) is 3. The molecule has 0 aliphatic heterocycles. The molecule has 0 spiro atoms. The Labute approximate surface area is 90.4 Å². The first-order chi connectivity index (χ1) is 7.02. The third-order valence-electron chi connectivity index (χ3n) is 2.21. The molecule has 0 aromatic heterocycles. The van der Waals surface area contributed by atoms with Crippen LogP contribution in [-0.2, 0) is 9.53 Å². The van der Waals surface area contributed by atoms with Gasteiger partial charge in [0.25, 0.3) is 0 Å². The molecule has 2 atom stereocenters. The molecule has 5 heteroatoms. The van der Waals surface area contributed by atoms with Gasteiger partial charge in [0.2, 0.25) is 0 Å². The topological polar surface area (TPSA) is 81.4 Å². The first-order valence-corrected chi connectivity index (χ1v) is 5.25. The van der Waals surface area contributed by atoms with Crippen LogP contribution in [0.25, 0.3) is 0 Å². The minimum absolute atomic E-state index is 0.0156. The maximum atomic E-state index is 11.5. The third-order valence-corrected chi connectivity index (χ3v) is 2.21. The fourth-order valence-electron chi connectivity index (χ4n) is 1.11. The standard InChI is InChI=1S/C10H20N2O3/c1-4-6-15-9(13)8(7(3)5-2)12-10(11)14/h7-8H,4-6H2,1-3H3,(H3,11,12,14)/t7-,8-/m0/s1. The molecule has 3 N–H and O–H groups in total. The smallest absolute Gasteiger partial charge is 0.328 e. The highest BCUT2D eigenvalue weighted by atomic mass is 16.5. The summed E-state index contributed by atoms with van der Waals surface area (Å²) in [6.45, 7) is 6.08. The van der Waals surface area contributed by atoms with Gasteiger partial charge in [0.1, 0.15) is 6.04 Å². The average Bonchev–Trinajstić information content (AvgIpc) is 2.21. The summed E-state index contributed by atoms with van der Waals surface area (Å²) in [4.78, 5) is 22.3. The van der Waals surface area contributed by atoms with Gasteiger partial charge < -0.3 is 15.8 Å². The van der Waals surface area contributed by atoms with Crippen molar-refractivity contribution in [1.29, 1.82) is 0 Å². The minimum Gasteiger partial charge on any atom is -0.464 e. The molecule has 0 aliphatic carbocycles. The van der Waals surface area contributed by atoms with Crippen LogP contribution in [0.1, 0.15) is 33.6 Å². The number of primary amides is 1. The summed E-state index contributed by atoms with van der Waals surface area (Å²) in [5.74, 6) is -0.396. The van der Waals surface area contributed by atoms with Gasteiger partial charge in [-0.05, 0) is 12.3 Å². The lowest BCUT2D eigenvalue weighted by molar-refractivity contribution is -0.147. The Bertz CT molecular complexity index is 219. The number of amides is 2. The third kappa shape index (κ3) is 5.24. The lowest BCUT2D eigenvalue weighted by atomic mass is 9.99. The average molecular weight is 216 g/mol. The predicted molar refractivity (Wildman–Crippen MR) is 57.2 cm³/mol. The van der Waals surface area contributed by atoms with E-state index in [9.17, 15) is 9.59 Å². The van der Waals surface area contributed by atoms with E-state index in [1.807, 2.05) is 20.8 Å². The van der Waals surface area contributed by atoms with Crippen molar-refractivity contribution in [2.45, 2.75) is 39.7 Å². The van der Waals surface area contributed by atoms with Crippen LogP contribution < -0.4 is 11.1 Å². The van der Waals surface area contributed by atoms with Gasteiger partial charge in [-0.3, -0.25) is 0 Å². The van der Waals surface area contributed by atoms with Crippen molar-refractivity contribution < 1.29 is 14.3 Å². The summed E-state index contributed by atoms with van der Waals surface area (Å²) < 4.78 is 4.97. The lowest BCUT2D eigenvalue weighted by Crippen LogP contribution is -2.48. The molecule has 0 fully saturated rings. The quantitative estimate of drug-likeness (QED) is 0.650. The molecular weight excluding hydrogens is 196 g/mol. The Morgan fingerprint density at radius 2 is 2.00 bits per heavy atom. The molecule has 0 saturated heterocycles. The van der Waals surface area contributed by atoms with Crippen molar-refractivity contribution in [3.05, 3.63) is 0 Å². The van der Waals surface area contributed by atoms with E-state index in [1.54, 1.807) is 0 Å². The summed E-state index contributed by atoms with van der Waals surface area (Å²) in [6.07, 6.45) is 1.53. The van der Waals surface area contributed by atoms with Gasteiger partial charge >= 0.3 is 12.0 Å². The highest BCUT2D eigenvalue weighted by molar-refractivity contribution is 5.82. The van der Waals surface area contributed by atoms with Gasteiger partial charge in [0, 0.05) is 0 Å². The van der Waals surface area contributed by atoms with Crippen LogP contribution in [0.4, 0.5) is 4.79 Å². The van der Waals surface area contributed by atoms with Gasteiger partial charge in [0.05, 0.1) is 6.61 Å². The first-order valence-electron chi connectivity index (χ1n) is 5.25. The summed E-state index contributed by atoms with van der Waals surface area (Å²) in [6, 6.07) is -1.34. The van der Waals surface area contributed by atoms with E-state index in [-0.39, 0.29) is 5.92 Å². The van der Waals surface area contributed by atoms with Gasteiger partial charge in [0.15, 0.2) is 0 Å². The number of hydrogen-bond donors (Lipinski definition) is 2. The molecule has 15 heavy (non-hydrogen) atoms. The number of carbonyl (C=O) groups excluding carboxylic acids is 2. The van der Waals surface area contributed by atoms with Crippen molar-refractivity contribution in [2.75, 3.05) is 6.61 Å². The predicted octanol–water partition coefficient (Wildman–Crippen LogP) is 1.02. The number of rotatable bonds is 6. The molecule has 0 bridgehead atoms. The fraction of sp³-hybridized carbons (Fsp3) is 0.800. The Balaban J connectivity index is 4.33. The number of nitrogens with one attached hydrogen (secondary N) is 1. The molecule has 5 nitrogen and oxygen atoms in total. The molecular formula is C10H20N2O3. The molecule has 0 aliphatic rings. The number of urea groups is 1. The highest BCUT2D eigenvalue weighted by Crippen LogP contribution is 2.09. The van der Waals surface area contributed by atoms with E-state index in [0.29, 0.717) is 6.61 Å². The van der Waals surface area contributed by atoms with Crippen LogP contribution >= 0.6 is 0 Å². The molecule has 0 saturated carbocycles. The van der Waals surface area contributed by atoms with E-state index in [4.69, 9.17) is 10.5 Å². The number of carbonyl (C=O) groups is 2. The van der Waals surface area contributed by atoms with Gasteiger partial charge in [-0.2, -0.15) is 0 Å². The normalized spacial score (nSPS) is 14.1. The molecule has 0 unspecified atom stereocenters. The van der Waals surface area contributed by atoms with Gasteiger partial charge in [-0.15, -0.1) is 0 Å². The Morgan fingerprint density at radius 3 is 2.40 bits per heavy atom. The zero-order valence-electron chi connectivity index (χ0n) is 9.58. The first kappa shape index (κ1) is 13.7. The highest BCUT2D eigenvalue weighted by Gasteiger charge is 2.26. The zero-order valence-corrected chi connectivity index (χ0v) is 9.58. The van der Waals surface area contributed by atoms with E-state index >= 15 is 0 Å². The van der Waals surface area contributed by atoms with Crippen LogP contribution in [-0.4, -0.2) is 24.6 Å². The van der Waals surface area contributed by atoms with E-state index in [1.165, 1.54) is 0 Å². The van der Waals surface area contributed by atoms with Crippen LogP contribution in [0.2, 0.25) is 0 Å². The van der Waals surface area contributed by atoms with Crippen molar-refractivity contribution in [3.63, 3.8) is 0 Å². The van der Waals surface area contributed by atoms with E-state index in [2.05, 4.69) is 5.32 Å². The zero-order chi connectivity index (χ0) is 11.8. The monoisotopic (exact) mass is 216 g/mol. The number of ether oxygens (including phenoxy) is 1. The van der Waals surface area contributed by atoms with Gasteiger partial charge in [-0.1, -0.05) is 27.2 Å². The molecule has 0 aromatic carbocycles. The van der Waals surface area contributed by atoms with Crippen molar-refractivity contribution in [1.82, 2.24) is 5.32 Å². The van der Waals surface area contributed by atoms with Crippen LogP contribution in [0, 0.1) is 5.92 Å². The molecule has 0 heterocycles. The summed E-state index contributed by atoms with van der Waals surface area (Å²) in [5, 5.41) is 2.40. The Morgan fingerprint density at radius 1 is 1.40 bits per heavy atom. The Hall–Kier alpha value is -1.26. The van der Waals surface area contributed by atoms with Crippen LogP contribution in [0.15, 0.2) is 0 Å². The largest absolute Gasteiger partial charge is 0.464 e. The van der Waals surface area contributed by atoms with Crippen LogP contribution in [0.5, 0.6) is 0 Å². The maximum Gasteiger partial charge on any atom is 0.328 e. The summed E-state index contributed by atoms with van der Waals surface area (Å²) in [7, 11) is 0. The summed E-state index contributed by atoms with van der Waals surface area (Å²) in [5.41, 5.74) is 4.99. The van der Waals surface area contributed by atoms with E-state index in [0.717, 1.165) is 12.8 Å². The van der Waals surface area contributed by atoms with Gasteiger partial charge in [-0.25, -0.2) is 9.59 Å². The Kier molecular flexibility index (Phi) is 6.49. The van der Waals surface area contributed by atoms with Crippen molar-refractivity contribution in [3.8, 4) is 0 Å². The molecule has 2 amide bonds. The maximum absolute atomic E-state index is 11.5. The lowest BCUT2D eigenvalue weighted by Gasteiger charge is -2.21. The second kappa shape index (κ2) is 7.09. The van der Waals surface area contributed by atoms with Crippen molar-refractivity contribution in [2.24, 2.45) is 11.7 Å².